The quantitative estimate of drug-likeness (QED) is 0.792. The van der Waals surface area contributed by atoms with E-state index in [1.165, 1.54) is 7.11 Å². The molecule has 0 aromatic heterocycles. The summed E-state index contributed by atoms with van der Waals surface area (Å²) in [6.07, 6.45) is 0. The Morgan fingerprint density at radius 1 is 1.50 bits per heavy atom. The van der Waals surface area contributed by atoms with Crippen LogP contribution >= 0.6 is 0 Å². The van der Waals surface area contributed by atoms with Crippen LogP contribution in [0.4, 0.5) is 11.4 Å². The van der Waals surface area contributed by atoms with Gasteiger partial charge in [0.25, 0.3) is 0 Å². The molecule has 5 nitrogen and oxygen atoms in total. The number of amides is 1. The first-order valence-corrected chi connectivity index (χ1v) is 6.92. The standard InChI is InChI=1S/C12H18N2O3S/c1-8(2)18(16)7-12(15)14-10-6-9(13)4-5-11(10)17-3/h4-6,8H,7,13H2,1-3H3,(H,14,15). The lowest BCUT2D eigenvalue weighted by Gasteiger charge is -2.11. The van der Waals surface area contributed by atoms with Gasteiger partial charge in [-0.1, -0.05) is 13.8 Å². The molecule has 0 bridgehead atoms. The smallest absolute Gasteiger partial charge is 0.237 e. The molecule has 0 aliphatic rings. The molecule has 1 atom stereocenters. The maximum absolute atomic E-state index is 11.7. The molecule has 18 heavy (non-hydrogen) atoms. The van der Waals surface area contributed by atoms with Crippen LogP contribution in [-0.4, -0.2) is 28.2 Å². The number of nitrogens with two attached hydrogens (primary N) is 1. The van der Waals surface area contributed by atoms with E-state index in [-0.39, 0.29) is 16.9 Å². The van der Waals surface area contributed by atoms with E-state index in [0.29, 0.717) is 17.1 Å². The number of nitrogen functional groups attached to an aromatic ring is 1. The van der Waals surface area contributed by atoms with E-state index in [2.05, 4.69) is 5.32 Å². The van der Waals surface area contributed by atoms with Gasteiger partial charge in [-0.2, -0.15) is 0 Å². The van der Waals surface area contributed by atoms with Crippen LogP contribution in [0, 0.1) is 0 Å². The Bertz CT molecular complexity index is 461. The Balaban J connectivity index is 2.75. The van der Waals surface area contributed by atoms with Crippen LogP contribution in [0.2, 0.25) is 0 Å². The van der Waals surface area contributed by atoms with Crippen LogP contribution in [0.1, 0.15) is 13.8 Å². The number of benzene rings is 1. The zero-order valence-electron chi connectivity index (χ0n) is 10.7. The summed E-state index contributed by atoms with van der Waals surface area (Å²) >= 11 is 0. The maximum atomic E-state index is 11.7. The van der Waals surface area contributed by atoms with Crippen LogP contribution in [0.25, 0.3) is 0 Å². The van der Waals surface area contributed by atoms with Gasteiger partial charge in [-0.15, -0.1) is 0 Å². The van der Waals surface area contributed by atoms with E-state index < -0.39 is 10.8 Å². The highest BCUT2D eigenvalue weighted by atomic mass is 32.2. The highest BCUT2D eigenvalue weighted by Gasteiger charge is 2.13. The normalized spacial score (nSPS) is 12.2. The second kappa shape index (κ2) is 6.39. The van der Waals surface area contributed by atoms with Crippen LogP contribution in [-0.2, 0) is 15.6 Å². The second-order valence-electron chi connectivity index (χ2n) is 4.08. The summed E-state index contributed by atoms with van der Waals surface area (Å²) < 4.78 is 16.7. The Hall–Kier alpha value is -1.56. The number of carbonyl (C=O) groups is 1. The molecule has 0 heterocycles. The maximum Gasteiger partial charge on any atom is 0.237 e. The van der Waals surface area contributed by atoms with Gasteiger partial charge >= 0.3 is 0 Å². The zero-order chi connectivity index (χ0) is 13.7. The number of nitrogens with one attached hydrogen (secondary N) is 1. The molecule has 1 unspecified atom stereocenters. The van der Waals surface area contributed by atoms with E-state index in [9.17, 15) is 9.00 Å². The van der Waals surface area contributed by atoms with Gasteiger partial charge in [-0.05, 0) is 18.2 Å². The van der Waals surface area contributed by atoms with Crippen molar-refractivity contribution in [2.45, 2.75) is 19.1 Å². The van der Waals surface area contributed by atoms with Gasteiger partial charge in [0, 0.05) is 21.7 Å². The molecule has 1 aromatic carbocycles. The molecular formula is C12H18N2O3S. The minimum Gasteiger partial charge on any atom is -0.495 e. The van der Waals surface area contributed by atoms with E-state index in [0.717, 1.165) is 0 Å². The van der Waals surface area contributed by atoms with E-state index in [1.807, 2.05) is 13.8 Å². The molecule has 0 fully saturated rings. The third-order valence-electron chi connectivity index (χ3n) is 2.30. The van der Waals surface area contributed by atoms with Gasteiger partial charge in [0.05, 0.1) is 12.8 Å². The number of hydrogen-bond donors (Lipinski definition) is 2. The molecule has 1 rings (SSSR count). The fourth-order valence-corrected chi connectivity index (χ4v) is 1.97. The third-order valence-corrected chi connectivity index (χ3v) is 3.90. The average Bonchev–Trinajstić information content (AvgIpc) is 2.28. The molecular weight excluding hydrogens is 252 g/mol. The Kier molecular flexibility index (Phi) is 5.15. The van der Waals surface area contributed by atoms with E-state index in [1.54, 1.807) is 18.2 Å². The first kappa shape index (κ1) is 14.5. The van der Waals surface area contributed by atoms with Gasteiger partial charge in [0.1, 0.15) is 11.5 Å². The first-order valence-electron chi connectivity index (χ1n) is 5.54. The van der Waals surface area contributed by atoms with Crippen molar-refractivity contribution in [1.82, 2.24) is 0 Å². The summed E-state index contributed by atoms with van der Waals surface area (Å²) in [5.74, 6) is 0.175. The number of carbonyl (C=O) groups excluding carboxylic acids is 1. The van der Waals surface area contributed by atoms with Gasteiger partial charge in [-0.3, -0.25) is 9.00 Å². The molecule has 1 amide bonds. The number of methoxy groups -OCH3 is 1. The molecule has 0 spiro atoms. The van der Waals surface area contributed by atoms with Crippen molar-refractivity contribution in [3.8, 4) is 5.75 Å². The van der Waals surface area contributed by atoms with Crippen molar-refractivity contribution in [1.29, 1.82) is 0 Å². The highest BCUT2D eigenvalue weighted by Crippen LogP contribution is 2.26. The van der Waals surface area contributed by atoms with E-state index in [4.69, 9.17) is 10.5 Å². The summed E-state index contributed by atoms with van der Waals surface area (Å²) in [6.45, 7) is 3.62. The minimum atomic E-state index is -1.17. The SMILES string of the molecule is COc1ccc(N)cc1NC(=O)CS(=O)C(C)C. The van der Waals surface area contributed by atoms with Crippen LogP contribution in [0.5, 0.6) is 5.75 Å². The lowest BCUT2D eigenvalue weighted by molar-refractivity contribution is -0.113. The Morgan fingerprint density at radius 2 is 2.17 bits per heavy atom. The number of anilines is 2. The predicted octanol–water partition coefficient (Wildman–Crippen LogP) is 1.37. The average molecular weight is 270 g/mol. The number of ether oxygens (including phenoxy) is 1. The van der Waals surface area contributed by atoms with Crippen molar-refractivity contribution in [3.63, 3.8) is 0 Å². The summed E-state index contributed by atoms with van der Waals surface area (Å²) in [7, 11) is 0.334. The van der Waals surface area contributed by atoms with Crippen molar-refractivity contribution in [2.24, 2.45) is 0 Å². The zero-order valence-corrected chi connectivity index (χ0v) is 11.5. The summed E-state index contributed by atoms with van der Waals surface area (Å²) in [5.41, 5.74) is 6.65. The molecule has 1 aromatic rings. The molecule has 100 valence electrons. The minimum absolute atomic E-state index is 0.0321. The molecule has 0 radical (unpaired) electrons. The molecule has 0 aliphatic carbocycles. The largest absolute Gasteiger partial charge is 0.495 e. The van der Waals surface area contributed by atoms with Crippen molar-refractivity contribution >= 4 is 28.1 Å². The van der Waals surface area contributed by atoms with Crippen molar-refractivity contribution in [3.05, 3.63) is 18.2 Å². The third kappa shape index (κ3) is 4.03. The van der Waals surface area contributed by atoms with E-state index >= 15 is 0 Å². The van der Waals surface area contributed by atoms with Crippen LogP contribution < -0.4 is 15.8 Å². The van der Waals surface area contributed by atoms with Gasteiger partial charge in [-0.25, -0.2) is 0 Å². The molecule has 3 N–H and O–H groups in total. The Labute approximate surface area is 109 Å². The topological polar surface area (TPSA) is 81.4 Å². The second-order valence-corrected chi connectivity index (χ2v) is 6.07. The summed E-state index contributed by atoms with van der Waals surface area (Å²) in [5, 5.41) is 2.61. The summed E-state index contributed by atoms with van der Waals surface area (Å²) in [6, 6.07) is 4.96. The monoisotopic (exact) mass is 270 g/mol. The molecule has 0 saturated carbocycles. The predicted molar refractivity (Wildman–Crippen MR) is 74.2 cm³/mol. The lowest BCUT2D eigenvalue weighted by Crippen LogP contribution is -2.23. The molecule has 0 aliphatic heterocycles. The van der Waals surface area contributed by atoms with Crippen molar-refractivity contribution < 1.29 is 13.7 Å². The fourth-order valence-electron chi connectivity index (χ4n) is 1.31. The molecule has 0 saturated heterocycles. The first-order chi connectivity index (χ1) is 8.43. The Morgan fingerprint density at radius 3 is 2.72 bits per heavy atom. The lowest BCUT2D eigenvalue weighted by atomic mass is 10.2. The highest BCUT2D eigenvalue weighted by molar-refractivity contribution is 7.86. The van der Waals surface area contributed by atoms with Crippen LogP contribution in [0.15, 0.2) is 18.2 Å². The van der Waals surface area contributed by atoms with Crippen LogP contribution in [0.3, 0.4) is 0 Å². The number of rotatable bonds is 5. The van der Waals surface area contributed by atoms with Gasteiger partial charge in [0.15, 0.2) is 0 Å². The van der Waals surface area contributed by atoms with Gasteiger partial charge < -0.3 is 15.8 Å². The summed E-state index contributed by atoms with van der Waals surface area (Å²) in [4.78, 5) is 11.7. The fraction of sp³-hybridized carbons (Fsp3) is 0.417. The molecule has 6 heteroatoms. The van der Waals surface area contributed by atoms with Gasteiger partial charge in [0.2, 0.25) is 5.91 Å². The number of hydrogen-bond acceptors (Lipinski definition) is 4. The van der Waals surface area contributed by atoms with Crippen molar-refractivity contribution in [2.75, 3.05) is 23.9 Å².